The van der Waals surface area contributed by atoms with E-state index in [0.717, 1.165) is 10.9 Å². The Morgan fingerprint density at radius 2 is 1.96 bits per heavy atom. The number of furan rings is 1. The molecule has 1 heterocycles. The quantitative estimate of drug-likeness (QED) is 0.526. The standard InChI is InChI=1S/C19H19NO5/c1-23-13-15-7-5-6-14-12-17(25-18(14)15)19(21)20(22)10-11-24-16-8-3-2-4-9-16/h2-9,12,22H,10-11,13H2,1H3. The summed E-state index contributed by atoms with van der Waals surface area (Å²) in [7, 11) is 1.59. The van der Waals surface area contributed by atoms with Gasteiger partial charge >= 0.3 is 5.91 Å². The van der Waals surface area contributed by atoms with Gasteiger partial charge in [0.2, 0.25) is 0 Å². The van der Waals surface area contributed by atoms with Crippen LogP contribution in [-0.2, 0) is 11.3 Å². The van der Waals surface area contributed by atoms with E-state index in [4.69, 9.17) is 13.9 Å². The molecule has 0 spiro atoms. The third-order valence-electron chi connectivity index (χ3n) is 3.69. The molecule has 0 radical (unpaired) electrons. The monoisotopic (exact) mass is 341 g/mol. The van der Waals surface area contributed by atoms with Crippen molar-refractivity contribution in [2.75, 3.05) is 20.3 Å². The molecular weight excluding hydrogens is 322 g/mol. The summed E-state index contributed by atoms with van der Waals surface area (Å²) in [5.41, 5.74) is 1.43. The number of fused-ring (bicyclic) bond motifs is 1. The molecule has 0 aliphatic carbocycles. The highest BCUT2D eigenvalue weighted by Crippen LogP contribution is 2.24. The van der Waals surface area contributed by atoms with Crippen LogP contribution in [0.25, 0.3) is 11.0 Å². The Hall–Kier alpha value is -2.83. The maximum atomic E-state index is 12.3. The van der Waals surface area contributed by atoms with E-state index in [1.54, 1.807) is 25.3 Å². The first kappa shape index (κ1) is 17.0. The molecule has 25 heavy (non-hydrogen) atoms. The van der Waals surface area contributed by atoms with Crippen LogP contribution >= 0.6 is 0 Å². The van der Waals surface area contributed by atoms with E-state index in [-0.39, 0.29) is 18.9 Å². The molecule has 130 valence electrons. The fraction of sp³-hybridized carbons (Fsp3) is 0.211. The average molecular weight is 341 g/mol. The molecular formula is C19H19NO5. The number of hydroxylamine groups is 2. The van der Waals surface area contributed by atoms with Crippen LogP contribution in [0.4, 0.5) is 0 Å². The molecule has 6 nitrogen and oxygen atoms in total. The molecule has 0 bridgehead atoms. The van der Waals surface area contributed by atoms with Crippen LogP contribution in [0.15, 0.2) is 59.0 Å². The molecule has 0 unspecified atom stereocenters. The molecule has 3 rings (SSSR count). The molecule has 1 amide bonds. The number of nitrogens with zero attached hydrogens (tertiary/aromatic N) is 1. The zero-order valence-corrected chi connectivity index (χ0v) is 13.8. The summed E-state index contributed by atoms with van der Waals surface area (Å²) in [6.07, 6.45) is 0. The molecule has 0 saturated heterocycles. The maximum absolute atomic E-state index is 12.3. The van der Waals surface area contributed by atoms with Crippen molar-refractivity contribution in [2.45, 2.75) is 6.61 Å². The summed E-state index contributed by atoms with van der Waals surface area (Å²) in [4.78, 5) is 12.3. The Morgan fingerprint density at radius 1 is 1.16 bits per heavy atom. The smallest absolute Gasteiger partial charge is 0.313 e. The van der Waals surface area contributed by atoms with Crippen LogP contribution in [0.5, 0.6) is 5.75 Å². The number of hydrogen-bond donors (Lipinski definition) is 1. The highest BCUT2D eigenvalue weighted by atomic mass is 16.5. The predicted octanol–water partition coefficient (Wildman–Crippen LogP) is 3.49. The molecule has 0 saturated carbocycles. The summed E-state index contributed by atoms with van der Waals surface area (Å²) in [5, 5.41) is 11.3. The molecule has 0 fully saturated rings. The van der Waals surface area contributed by atoms with Gasteiger partial charge in [-0.05, 0) is 18.2 Å². The second-order valence-electron chi connectivity index (χ2n) is 5.47. The molecule has 3 aromatic rings. The van der Waals surface area contributed by atoms with Crippen molar-refractivity contribution in [1.82, 2.24) is 5.06 Å². The van der Waals surface area contributed by atoms with Crippen molar-refractivity contribution in [2.24, 2.45) is 0 Å². The van der Waals surface area contributed by atoms with Crippen LogP contribution in [0.2, 0.25) is 0 Å². The van der Waals surface area contributed by atoms with Crippen molar-refractivity contribution in [3.8, 4) is 5.75 Å². The summed E-state index contributed by atoms with van der Waals surface area (Å²) < 4.78 is 16.2. The third kappa shape index (κ3) is 3.99. The number of rotatable bonds is 7. The Labute approximate surface area is 145 Å². The molecule has 1 aromatic heterocycles. The Balaban J connectivity index is 1.65. The molecule has 6 heteroatoms. The molecule has 0 atom stereocenters. The van der Waals surface area contributed by atoms with Crippen molar-refractivity contribution >= 4 is 16.9 Å². The number of methoxy groups -OCH3 is 1. The SMILES string of the molecule is COCc1cccc2cc(C(=O)N(O)CCOc3ccccc3)oc12. The van der Waals surface area contributed by atoms with Gasteiger partial charge in [-0.1, -0.05) is 36.4 Å². The van der Waals surface area contributed by atoms with E-state index in [0.29, 0.717) is 23.0 Å². The summed E-state index contributed by atoms with van der Waals surface area (Å²) >= 11 is 0. The number of para-hydroxylation sites is 2. The fourth-order valence-electron chi connectivity index (χ4n) is 2.49. The zero-order chi connectivity index (χ0) is 17.6. The summed E-state index contributed by atoms with van der Waals surface area (Å²) in [6, 6.07) is 16.4. The Kier molecular flexibility index (Phi) is 5.33. The highest BCUT2D eigenvalue weighted by Gasteiger charge is 2.19. The number of hydrogen-bond acceptors (Lipinski definition) is 5. The second kappa shape index (κ2) is 7.83. The van der Waals surface area contributed by atoms with Gasteiger partial charge in [0.25, 0.3) is 0 Å². The van der Waals surface area contributed by atoms with Crippen molar-refractivity contribution in [1.29, 1.82) is 0 Å². The van der Waals surface area contributed by atoms with E-state index in [9.17, 15) is 10.0 Å². The van der Waals surface area contributed by atoms with E-state index < -0.39 is 5.91 Å². The van der Waals surface area contributed by atoms with E-state index >= 15 is 0 Å². The maximum Gasteiger partial charge on any atom is 0.313 e. The van der Waals surface area contributed by atoms with Gasteiger partial charge in [0.1, 0.15) is 17.9 Å². The molecule has 2 aromatic carbocycles. The third-order valence-corrected chi connectivity index (χ3v) is 3.69. The van der Waals surface area contributed by atoms with Crippen molar-refractivity contribution in [3.63, 3.8) is 0 Å². The fourth-order valence-corrected chi connectivity index (χ4v) is 2.49. The Morgan fingerprint density at radius 3 is 2.72 bits per heavy atom. The normalized spacial score (nSPS) is 10.8. The first-order valence-electron chi connectivity index (χ1n) is 7.88. The lowest BCUT2D eigenvalue weighted by Crippen LogP contribution is -2.31. The topological polar surface area (TPSA) is 72.1 Å². The number of benzene rings is 2. The first-order chi connectivity index (χ1) is 12.2. The van der Waals surface area contributed by atoms with E-state index in [1.165, 1.54) is 0 Å². The van der Waals surface area contributed by atoms with Gasteiger partial charge < -0.3 is 13.9 Å². The minimum absolute atomic E-state index is 0.0235. The highest BCUT2D eigenvalue weighted by molar-refractivity contribution is 5.96. The minimum Gasteiger partial charge on any atom is -0.492 e. The lowest BCUT2D eigenvalue weighted by atomic mass is 10.1. The van der Waals surface area contributed by atoms with Gasteiger partial charge in [0.05, 0.1) is 13.2 Å². The lowest BCUT2D eigenvalue weighted by Gasteiger charge is -2.14. The number of amides is 1. The van der Waals surface area contributed by atoms with Crippen molar-refractivity contribution < 1.29 is 23.9 Å². The van der Waals surface area contributed by atoms with Gasteiger partial charge in [0, 0.05) is 18.1 Å². The van der Waals surface area contributed by atoms with Crippen LogP contribution in [0, 0.1) is 0 Å². The van der Waals surface area contributed by atoms with Crippen LogP contribution < -0.4 is 4.74 Å². The van der Waals surface area contributed by atoms with E-state index in [2.05, 4.69) is 0 Å². The molecule has 0 aliphatic rings. The number of carbonyl (C=O) groups is 1. The van der Waals surface area contributed by atoms with Gasteiger partial charge in [-0.3, -0.25) is 10.0 Å². The average Bonchev–Trinajstić information content (AvgIpc) is 3.07. The van der Waals surface area contributed by atoms with E-state index in [1.807, 2.05) is 36.4 Å². The van der Waals surface area contributed by atoms with Crippen LogP contribution in [0.1, 0.15) is 16.1 Å². The predicted molar refractivity (Wildman–Crippen MR) is 91.7 cm³/mol. The van der Waals surface area contributed by atoms with Crippen LogP contribution in [0.3, 0.4) is 0 Å². The van der Waals surface area contributed by atoms with Crippen molar-refractivity contribution in [3.05, 3.63) is 65.9 Å². The van der Waals surface area contributed by atoms with Gasteiger partial charge in [-0.15, -0.1) is 0 Å². The minimum atomic E-state index is -0.615. The largest absolute Gasteiger partial charge is 0.492 e. The van der Waals surface area contributed by atoms with Gasteiger partial charge in [-0.2, -0.15) is 0 Å². The number of carbonyl (C=O) groups excluding carboxylic acids is 1. The Bertz CT molecular complexity index is 843. The summed E-state index contributed by atoms with van der Waals surface area (Å²) in [6.45, 7) is 0.573. The molecule has 0 aliphatic heterocycles. The lowest BCUT2D eigenvalue weighted by molar-refractivity contribution is -0.0654. The first-order valence-corrected chi connectivity index (χ1v) is 7.88. The molecule has 1 N–H and O–H groups in total. The van der Waals surface area contributed by atoms with Crippen LogP contribution in [-0.4, -0.2) is 36.4 Å². The second-order valence-corrected chi connectivity index (χ2v) is 5.47. The number of ether oxygens (including phenoxy) is 2. The van der Waals surface area contributed by atoms with Gasteiger partial charge in [0.15, 0.2) is 5.76 Å². The zero-order valence-electron chi connectivity index (χ0n) is 13.8. The van der Waals surface area contributed by atoms with Gasteiger partial charge in [-0.25, -0.2) is 5.06 Å². The summed E-state index contributed by atoms with van der Waals surface area (Å²) in [5.74, 6) is 0.133.